The van der Waals surface area contributed by atoms with Crippen LogP contribution in [-0.4, -0.2) is 17.7 Å². The van der Waals surface area contributed by atoms with Gasteiger partial charge in [-0.3, -0.25) is 0 Å². The third-order valence-corrected chi connectivity index (χ3v) is 4.38. The van der Waals surface area contributed by atoms with E-state index in [0.29, 0.717) is 17.2 Å². The average molecular weight is 344 g/mol. The number of urea groups is 1. The highest BCUT2D eigenvalue weighted by Gasteiger charge is 2.28. The van der Waals surface area contributed by atoms with Gasteiger partial charge < -0.3 is 20.2 Å². The van der Waals surface area contributed by atoms with Crippen LogP contribution in [0.4, 0.5) is 10.5 Å². The normalized spacial score (nSPS) is 13.6. The van der Waals surface area contributed by atoms with Gasteiger partial charge in [0.25, 0.3) is 0 Å². The molecule has 2 aromatic rings. The predicted octanol–water partition coefficient (Wildman–Crippen LogP) is 4.36. The Kier molecular flexibility index (Phi) is 5.58. The van der Waals surface area contributed by atoms with E-state index in [1.54, 1.807) is 19.9 Å². The van der Waals surface area contributed by atoms with Gasteiger partial charge in [-0.1, -0.05) is 32.0 Å². The van der Waals surface area contributed by atoms with Gasteiger partial charge in [-0.25, -0.2) is 4.79 Å². The third kappa shape index (κ3) is 4.42. The molecule has 5 heteroatoms. The van der Waals surface area contributed by atoms with E-state index in [1.165, 1.54) is 0 Å². The largest absolute Gasteiger partial charge is 0.466 e. The van der Waals surface area contributed by atoms with Gasteiger partial charge in [0.1, 0.15) is 17.1 Å². The van der Waals surface area contributed by atoms with Crippen LogP contribution < -0.4 is 10.6 Å². The van der Waals surface area contributed by atoms with Gasteiger partial charge in [-0.2, -0.15) is 0 Å². The Labute approximate surface area is 149 Å². The van der Waals surface area contributed by atoms with Gasteiger partial charge in [0.15, 0.2) is 0 Å². The lowest BCUT2D eigenvalue weighted by Gasteiger charge is -2.24. The van der Waals surface area contributed by atoms with E-state index in [0.717, 1.165) is 22.6 Å². The fraction of sp³-hybridized carbons (Fsp3) is 0.450. The number of para-hydroxylation sites is 1. The van der Waals surface area contributed by atoms with Crippen LogP contribution in [0.25, 0.3) is 0 Å². The van der Waals surface area contributed by atoms with Crippen LogP contribution in [0.2, 0.25) is 0 Å². The summed E-state index contributed by atoms with van der Waals surface area (Å²) in [6, 6.07) is 7.43. The van der Waals surface area contributed by atoms with Crippen LogP contribution in [0.3, 0.4) is 0 Å². The molecule has 1 unspecified atom stereocenters. The van der Waals surface area contributed by atoms with E-state index < -0.39 is 5.60 Å². The molecular formula is C20H28N2O3. The highest BCUT2D eigenvalue weighted by atomic mass is 16.3. The first kappa shape index (κ1) is 19.1. The second kappa shape index (κ2) is 7.31. The van der Waals surface area contributed by atoms with E-state index in [9.17, 15) is 9.90 Å². The van der Waals surface area contributed by atoms with Crippen molar-refractivity contribution in [2.45, 2.75) is 53.1 Å². The van der Waals surface area contributed by atoms with Gasteiger partial charge in [0.2, 0.25) is 0 Å². The van der Waals surface area contributed by atoms with Crippen molar-refractivity contribution >= 4 is 11.7 Å². The Hall–Kier alpha value is -2.27. The molecule has 5 nitrogen and oxygen atoms in total. The first-order chi connectivity index (χ1) is 11.6. The van der Waals surface area contributed by atoms with Gasteiger partial charge in [-0.15, -0.1) is 0 Å². The number of aryl methyl sites for hydroxylation is 3. The fourth-order valence-corrected chi connectivity index (χ4v) is 3.01. The molecule has 25 heavy (non-hydrogen) atoms. The number of hydrogen-bond donors (Lipinski definition) is 3. The van der Waals surface area contributed by atoms with Crippen LogP contribution >= 0.6 is 0 Å². The van der Waals surface area contributed by atoms with Crippen molar-refractivity contribution in [2.75, 3.05) is 11.9 Å². The van der Waals surface area contributed by atoms with Crippen molar-refractivity contribution in [3.8, 4) is 0 Å². The maximum atomic E-state index is 12.4. The van der Waals surface area contributed by atoms with Crippen molar-refractivity contribution < 1.29 is 14.3 Å². The summed E-state index contributed by atoms with van der Waals surface area (Å²) in [7, 11) is 0. The van der Waals surface area contributed by atoms with Crippen molar-refractivity contribution in [3.05, 3.63) is 52.5 Å². The number of furan rings is 1. The standard InChI is InChI=1S/C20H28N2O3/c1-12(2)16-9-7-8-13(3)18(16)22-19(23)21-11-20(6,24)17-10-14(4)25-15(17)5/h7-10,12,24H,11H2,1-6H3,(H2,21,22,23). The van der Waals surface area contributed by atoms with Gasteiger partial charge in [-0.05, 0) is 50.8 Å². The molecule has 0 radical (unpaired) electrons. The maximum Gasteiger partial charge on any atom is 0.319 e. The molecular weight excluding hydrogens is 316 g/mol. The predicted molar refractivity (Wildman–Crippen MR) is 100 cm³/mol. The minimum Gasteiger partial charge on any atom is -0.466 e. The average Bonchev–Trinajstić information content (AvgIpc) is 2.86. The lowest BCUT2D eigenvalue weighted by atomic mass is 9.96. The molecule has 2 rings (SSSR count). The quantitative estimate of drug-likeness (QED) is 0.754. The number of aliphatic hydroxyl groups is 1. The van der Waals surface area contributed by atoms with E-state index in [2.05, 4.69) is 24.5 Å². The molecule has 1 heterocycles. The molecule has 0 bridgehead atoms. The van der Waals surface area contributed by atoms with Gasteiger partial charge in [0, 0.05) is 11.3 Å². The zero-order valence-electron chi connectivity index (χ0n) is 15.9. The SMILES string of the molecule is Cc1cc(C(C)(O)CNC(=O)Nc2c(C)cccc2C(C)C)c(C)o1. The molecule has 0 saturated carbocycles. The minimum atomic E-state index is -1.20. The Morgan fingerprint density at radius 3 is 2.52 bits per heavy atom. The molecule has 1 aromatic carbocycles. The summed E-state index contributed by atoms with van der Waals surface area (Å²) < 4.78 is 5.47. The molecule has 3 N–H and O–H groups in total. The molecule has 0 spiro atoms. The second-order valence-electron chi connectivity index (χ2n) is 7.10. The second-order valence-corrected chi connectivity index (χ2v) is 7.10. The number of anilines is 1. The number of rotatable bonds is 5. The van der Waals surface area contributed by atoms with E-state index in [1.807, 2.05) is 32.0 Å². The first-order valence-corrected chi connectivity index (χ1v) is 8.56. The molecule has 1 atom stereocenters. The van der Waals surface area contributed by atoms with Crippen LogP contribution in [-0.2, 0) is 5.60 Å². The lowest BCUT2D eigenvalue weighted by molar-refractivity contribution is 0.0584. The van der Waals surface area contributed by atoms with E-state index in [-0.39, 0.29) is 12.6 Å². The van der Waals surface area contributed by atoms with Crippen LogP contribution in [0, 0.1) is 20.8 Å². The Bertz CT molecular complexity index is 760. The zero-order chi connectivity index (χ0) is 18.8. The fourth-order valence-electron chi connectivity index (χ4n) is 3.01. The van der Waals surface area contributed by atoms with Crippen molar-refractivity contribution in [1.29, 1.82) is 0 Å². The Morgan fingerprint density at radius 1 is 1.28 bits per heavy atom. The highest BCUT2D eigenvalue weighted by molar-refractivity contribution is 5.91. The molecule has 0 aliphatic rings. The van der Waals surface area contributed by atoms with Crippen molar-refractivity contribution in [1.82, 2.24) is 5.32 Å². The summed E-state index contributed by atoms with van der Waals surface area (Å²) in [5.41, 5.74) is 2.40. The molecule has 0 aliphatic heterocycles. The van der Waals surface area contributed by atoms with Gasteiger partial charge in [0.05, 0.1) is 6.54 Å². The smallest absolute Gasteiger partial charge is 0.319 e. The Balaban J connectivity index is 2.08. The lowest BCUT2D eigenvalue weighted by Crippen LogP contribution is -2.41. The molecule has 136 valence electrons. The Morgan fingerprint density at radius 2 is 1.96 bits per heavy atom. The highest BCUT2D eigenvalue weighted by Crippen LogP contribution is 2.28. The number of carbonyl (C=O) groups excluding carboxylic acids is 1. The molecule has 2 amide bonds. The van der Waals surface area contributed by atoms with E-state index >= 15 is 0 Å². The molecule has 1 aromatic heterocycles. The molecule has 0 aliphatic carbocycles. The number of benzene rings is 1. The van der Waals surface area contributed by atoms with Crippen LogP contribution in [0.5, 0.6) is 0 Å². The summed E-state index contributed by atoms with van der Waals surface area (Å²) in [6.07, 6.45) is 0. The topological polar surface area (TPSA) is 74.5 Å². The van der Waals surface area contributed by atoms with Crippen LogP contribution in [0.1, 0.15) is 54.9 Å². The van der Waals surface area contributed by atoms with Crippen LogP contribution in [0.15, 0.2) is 28.7 Å². The summed E-state index contributed by atoms with van der Waals surface area (Å²) in [6.45, 7) is 11.5. The third-order valence-electron chi connectivity index (χ3n) is 4.38. The molecule has 0 fully saturated rings. The summed E-state index contributed by atoms with van der Waals surface area (Å²) in [5.74, 6) is 1.69. The first-order valence-electron chi connectivity index (χ1n) is 8.56. The monoisotopic (exact) mass is 344 g/mol. The van der Waals surface area contributed by atoms with Crippen molar-refractivity contribution in [3.63, 3.8) is 0 Å². The van der Waals surface area contributed by atoms with E-state index in [4.69, 9.17) is 4.42 Å². The number of hydrogen-bond acceptors (Lipinski definition) is 3. The summed E-state index contributed by atoms with van der Waals surface area (Å²) in [5, 5.41) is 16.4. The summed E-state index contributed by atoms with van der Waals surface area (Å²) in [4.78, 5) is 12.4. The van der Waals surface area contributed by atoms with Crippen molar-refractivity contribution in [2.24, 2.45) is 0 Å². The minimum absolute atomic E-state index is 0.0849. The number of carbonyl (C=O) groups is 1. The molecule has 0 saturated heterocycles. The zero-order valence-corrected chi connectivity index (χ0v) is 15.9. The maximum absolute atomic E-state index is 12.4. The number of nitrogens with one attached hydrogen (secondary N) is 2. The number of amides is 2. The summed E-state index contributed by atoms with van der Waals surface area (Å²) >= 11 is 0. The van der Waals surface area contributed by atoms with Gasteiger partial charge >= 0.3 is 6.03 Å².